The molecule has 1 rings (SSSR count). The average molecular weight is 201 g/mol. The lowest BCUT2D eigenvalue weighted by Crippen LogP contribution is -2.45. The van der Waals surface area contributed by atoms with Gasteiger partial charge in [-0.1, -0.05) is 6.92 Å². The quantitative estimate of drug-likeness (QED) is 0.716. The summed E-state index contributed by atoms with van der Waals surface area (Å²) in [6.07, 6.45) is 2.16. The number of hydrogen-bond donors (Lipinski definition) is 1. The summed E-state index contributed by atoms with van der Waals surface area (Å²) in [6.45, 7) is 4.20. The Balaban J connectivity index is 2.31. The first kappa shape index (κ1) is 11.5. The minimum Gasteiger partial charge on any atom is -0.396 e. The topological polar surface area (TPSA) is 49.8 Å². The summed E-state index contributed by atoms with van der Waals surface area (Å²) in [6, 6.07) is 0. The zero-order valence-electron chi connectivity index (χ0n) is 8.74. The molecule has 1 saturated heterocycles. The first-order chi connectivity index (χ1) is 6.77. The summed E-state index contributed by atoms with van der Waals surface area (Å²) in [5.41, 5.74) is 0. The zero-order chi connectivity index (χ0) is 10.4. The molecular formula is C10H19NO3. The first-order valence-electron chi connectivity index (χ1n) is 5.28. The van der Waals surface area contributed by atoms with Crippen LogP contribution in [0.1, 0.15) is 26.2 Å². The molecule has 0 aromatic carbocycles. The molecule has 4 nitrogen and oxygen atoms in total. The maximum absolute atomic E-state index is 11.6. The van der Waals surface area contributed by atoms with Crippen LogP contribution in [0.4, 0.5) is 0 Å². The van der Waals surface area contributed by atoms with Gasteiger partial charge < -0.3 is 14.7 Å². The van der Waals surface area contributed by atoms with Crippen LogP contribution in [0.2, 0.25) is 0 Å². The van der Waals surface area contributed by atoms with Crippen LogP contribution in [0.25, 0.3) is 0 Å². The highest BCUT2D eigenvalue weighted by molar-refractivity contribution is 5.76. The van der Waals surface area contributed by atoms with E-state index >= 15 is 0 Å². The van der Waals surface area contributed by atoms with E-state index in [1.165, 1.54) is 0 Å². The largest absolute Gasteiger partial charge is 0.396 e. The predicted molar refractivity (Wildman–Crippen MR) is 52.9 cm³/mol. The van der Waals surface area contributed by atoms with Gasteiger partial charge in [0.1, 0.15) is 0 Å². The third-order valence-electron chi connectivity index (χ3n) is 2.50. The number of aliphatic hydroxyl groups is 1. The van der Waals surface area contributed by atoms with Gasteiger partial charge in [0, 0.05) is 26.1 Å². The Morgan fingerprint density at radius 1 is 1.64 bits per heavy atom. The van der Waals surface area contributed by atoms with Gasteiger partial charge >= 0.3 is 0 Å². The lowest BCUT2D eigenvalue weighted by atomic mass is 10.2. The molecule has 1 aliphatic rings. The molecule has 14 heavy (non-hydrogen) atoms. The molecule has 0 aromatic rings. The Labute approximate surface area is 84.8 Å². The van der Waals surface area contributed by atoms with E-state index < -0.39 is 0 Å². The average Bonchev–Trinajstić information content (AvgIpc) is 2.26. The van der Waals surface area contributed by atoms with Gasteiger partial charge in [-0.25, -0.2) is 0 Å². The van der Waals surface area contributed by atoms with Gasteiger partial charge in [-0.2, -0.15) is 0 Å². The van der Waals surface area contributed by atoms with Crippen molar-refractivity contribution in [2.24, 2.45) is 0 Å². The van der Waals surface area contributed by atoms with E-state index in [9.17, 15) is 4.79 Å². The molecule has 1 unspecified atom stereocenters. The summed E-state index contributed by atoms with van der Waals surface area (Å²) in [5, 5.41) is 8.62. The van der Waals surface area contributed by atoms with E-state index in [1.807, 2.05) is 4.90 Å². The van der Waals surface area contributed by atoms with Gasteiger partial charge in [-0.3, -0.25) is 4.79 Å². The predicted octanol–water partition coefficient (Wildman–Crippen LogP) is 0.396. The van der Waals surface area contributed by atoms with Crippen LogP contribution in [-0.4, -0.2) is 48.3 Å². The van der Waals surface area contributed by atoms with E-state index in [2.05, 4.69) is 6.92 Å². The number of carbonyl (C=O) groups excluding carboxylic acids is 1. The molecule has 0 saturated carbocycles. The van der Waals surface area contributed by atoms with Crippen molar-refractivity contribution in [3.63, 3.8) is 0 Å². The fourth-order valence-corrected chi connectivity index (χ4v) is 1.58. The van der Waals surface area contributed by atoms with Gasteiger partial charge in [0.15, 0.2) is 0 Å². The lowest BCUT2D eigenvalue weighted by molar-refractivity contribution is -0.139. The third-order valence-corrected chi connectivity index (χ3v) is 2.50. The van der Waals surface area contributed by atoms with Crippen molar-refractivity contribution in [3.8, 4) is 0 Å². The number of ether oxygens (including phenoxy) is 1. The molecule has 0 radical (unpaired) electrons. The van der Waals surface area contributed by atoms with E-state index in [-0.39, 0.29) is 18.6 Å². The Kier molecular flexibility index (Phi) is 4.90. The fraction of sp³-hybridized carbons (Fsp3) is 0.900. The molecule has 82 valence electrons. The minimum absolute atomic E-state index is 0.0906. The van der Waals surface area contributed by atoms with Crippen LogP contribution in [-0.2, 0) is 9.53 Å². The molecule has 0 spiro atoms. The Morgan fingerprint density at radius 3 is 3.07 bits per heavy atom. The monoisotopic (exact) mass is 201 g/mol. The zero-order valence-corrected chi connectivity index (χ0v) is 8.74. The molecular weight excluding hydrogens is 182 g/mol. The summed E-state index contributed by atoms with van der Waals surface area (Å²) < 4.78 is 5.47. The van der Waals surface area contributed by atoms with Crippen LogP contribution >= 0.6 is 0 Å². The second-order valence-electron chi connectivity index (χ2n) is 3.57. The normalized spacial score (nSPS) is 22.4. The molecule has 0 bridgehead atoms. The highest BCUT2D eigenvalue weighted by Gasteiger charge is 2.22. The first-order valence-corrected chi connectivity index (χ1v) is 5.28. The van der Waals surface area contributed by atoms with Crippen LogP contribution in [0.3, 0.4) is 0 Å². The second-order valence-corrected chi connectivity index (χ2v) is 3.57. The van der Waals surface area contributed by atoms with Crippen molar-refractivity contribution in [2.45, 2.75) is 32.3 Å². The molecule has 1 aliphatic heterocycles. The van der Waals surface area contributed by atoms with Crippen molar-refractivity contribution in [2.75, 3.05) is 26.3 Å². The smallest absolute Gasteiger partial charge is 0.222 e. The van der Waals surface area contributed by atoms with E-state index in [0.717, 1.165) is 6.42 Å². The van der Waals surface area contributed by atoms with Crippen LogP contribution in [0, 0.1) is 0 Å². The van der Waals surface area contributed by atoms with Crippen molar-refractivity contribution in [1.29, 1.82) is 0 Å². The summed E-state index contributed by atoms with van der Waals surface area (Å²) >= 11 is 0. The Hall–Kier alpha value is -0.610. The van der Waals surface area contributed by atoms with Crippen molar-refractivity contribution in [3.05, 3.63) is 0 Å². The minimum atomic E-state index is 0.0906. The maximum Gasteiger partial charge on any atom is 0.222 e. The number of carbonyl (C=O) groups is 1. The van der Waals surface area contributed by atoms with Gasteiger partial charge in [-0.15, -0.1) is 0 Å². The molecule has 1 amide bonds. The number of hydrogen-bond acceptors (Lipinski definition) is 3. The summed E-state index contributed by atoms with van der Waals surface area (Å²) in [7, 11) is 0. The van der Waals surface area contributed by atoms with Crippen molar-refractivity contribution < 1.29 is 14.6 Å². The Bertz CT molecular complexity index is 184. The Morgan fingerprint density at radius 2 is 2.43 bits per heavy atom. The van der Waals surface area contributed by atoms with Gasteiger partial charge in [-0.05, 0) is 12.8 Å². The van der Waals surface area contributed by atoms with E-state index in [1.54, 1.807) is 0 Å². The van der Waals surface area contributed by atoms with Crippen LogP contribution in [0.15, 0.2) is 0 Å². The molecule has 1 N–H and O–H groups in total. The number of nitrogens with zero attached hydrogens (tertiary/aromatic N) is 1. The highest BCUT2D eigenvalue weighted by Crippen LogP contribution is 2.09. The molecule has 0 aliphatic carbocycles. The van der Waals surface area contributed by atoms with Crippen LogP contribution in [0.5, 0.6) is 0 Å². The van der Waals surface area contributed by atoms with E-state index in [4.69, 9.17) is 9.84 Å². The van der Waals surface area contributed by atoms with Crippen molar-refractivity contribution in [1.82, 2.24) is 4.90 Å². The van der Waals surface area contributed by atoms with Crippen molar-refractivity contribution >= 4 is 5.91 Å². The third kappa shape index (κ3) is 3.27. The molecule has 1 fully saturated rings. The fourth-order valence-electron chi connectivity index (χ4n) is 1.58. The molecule has 4 heteroatoms. The molecule has 1 heterocycles. The van der Waals surface area contributed by atoms with Gasteiger partial charge in [0.2, 0.25) is 5.91 Å². The number of rotatable bonds is 4. The number of aliphatic hydroxyl groups excluding tert-OH is 1. The van der Waals surface area contributed by atoms with Crippen LogP contribution < -0.4 is 0 Å². The SMILES string of the molecule is CCC1CN(C(=O)CCCO)CCO1. The molecule has 1 atom stereocenters. The summed E-state index contributed by atoms with van der Waals surface area (Å²) in [4.78, 5) is 13.4. The lowest BCUT2D eigenvalue weighted by Gasteiger charge is -2.32. The number of amides is 1. The van der Waals surface area contributed by atoms with E-state index in [0.29, 0.717) is 32.5 Å². The highest BCUT2D eigenvalue weighted by atomic mass is 16.5. The van der Waals surface area contributed by atoms with Gasteiger partial charge in [0.05, 0.1) is 12.7 Å². The maximum atomic E-state index is 11.6. The standard InChI is InChI=1S/C10H19NO3/c1-2-9-8-11(5-7-14-9)10(13)4-3-6-12/h9,12H,2-8H2,1H3. The number of morpholine rings is 1. The molecule has 0 aromatic heterocycles. The second kappa shape index (κ2) is 5.98. The van der Waals surface area contributed by atoms with Gasteiger partial charge in [0.25, 0.3) is 0 Å². The summed E-state index contributed by atoms with van der Waals surface area (Å²) in [5.74, 6) is 0.140.